The molecule has 0 N–H and O–H groups in total. The first-order valence-electron chi connectivity index (χ1n) is 8.55. The molecule has 0 radical (unpaired) electrons. The van der Waals surface area contributed by atoms with Gasteiger partial charge in [0, 0.05) is 18.7 Å². The van der Waals surface area contributed by atoms with E-state index in [1.54, 1.807) is 41.3 Å². The lowest BCUT2D eigenvalue weighted by molar-refractivity contribution is 0.0416. The Morgan fingerprint density at radius 2 is 1.65 bits per heavy atom. The van der Waals surface area contributed by atoms with Crippen molar-refractivity contribution in [2.45, 2.75) is 6.92 Å². The molecule has 0 unspecified atom stereocenters. The maximum Gasteiger partial charge on any atom is 0.415 e. The molecule has 2 aromatic rings. The SMILES string of the molecule is Cc1ccc(C=CC(=O)c2ccc(OC(=O)N3CCOCC3)cc2)cc1. The number of benzene rings is 2. The van der Waals surface area contributed by atoms with E-state index in [2.05, 4.69) is 0 Å². The highest BCUT2D eigenvalue weighted by Gasteiger charge is 2.18. The molecule has 1 amide bonds. The lowest BCUT2D eigenvalue weighted by Gasteiger charge is -2.25. The first kappa shape index (κ1) is 17.9. The fraction of sp³-hybridized carbons (Fsp3) is 0.238. The third kappa shape index (κ3) is 4.80. The van der Waals surface area contributed by atoms with Gasteiger partial charge in [-0.2, -0.15) is 0 Å². The van der Waals surface area contributed by atoms with Crippen LogP contribution in [-0.4, -0.2) is 43.1 Å². The van der Waals surface area contributed by atoms with Crippen LogP contribution in [-0.2, 0) is 4.74 Å². The normalized spacial score (nSPS) is 14.4. The number of rotatable bonds is 4. The quantitative estimate of drug-likeness (QED) is 0.622. The zero-order chi connectivity index (χ0) is 18.4. The minimum Gasteiger partial charge on any atom is -0.410 e. The van der Waals surface area contributed by atoms with Crippen LogP contribution in [0, 0.1) is 6.92 Å². The van der Waals surface area contributed by atoms with Crippen molar-refractivity contribution in [2.24, 2.45) is 0 Å². The Bertz CT molecular complexity index is 788. The Morgan fingerprint density at radius 3 is 2.31 bits per heavy atom. The number of aryl methyl sites for hydroxylation is 1. The molecule has 0 bridgehead atoms. The van der Waals surface area contributed by atoms with Crippen LogP contribution in [0.1, 0.15) is 21.5 Å². The summed E-state index contributed by atoms with van der Waals surface area (Å²) in [5.74, 6) is 0.317. The van der Waals surface area contributed by atoms with E-state index >= 15 is 0 Å². The Hall–Kier alpha value is -2.92. The predicted octanol–water partition coefficient (Wildman–Crippen LogP) is 3.72. The molecule has 1 aliphatic heterocycles. The maximum atomic E-state index is 12.2. The summed E-state index contributed by atoms with van der Waals surface area (Å²) in [5.41, 5.74) is 2.69. The average molecular weight is 351 g/mol. The molecule has 1 saturated heterocycles. The fourth-order valence-corrected chi connectivity index (χ4v) is 2.54. The van der Waals surface area contributed by atoms with Crippen molar-refractivity contribution in [3.63, 3.8) is 0 Å². The van der Waals surface area contributed by atoms with Gasteiger partial charge in [-0.05, 0) is 42.8 Å². The van der Waals surface area contributed by atoms with Gasteiger partial charge in [0.25, 0.3) is 0 Å². The van der Waals surface area contributed by atoms with E-state index in [0.717, 1.165) is 5.56 Å². The molecule has 26 heavy (non-hydrogen) atoms. The molecule has 0 aromatic heterocycles. The summed E-state index contributed by atoms with van der Waals surface area (Å²) >= 11 is 0. The van der Waals surface area contributed by atoms with Crippen LogP contribution in [0.3, 0.4) is 0 Å². The number of carbonyl (C=O) groups excluding carboxylic acids is 2. The van der Waals surface area contributed by atoms with Crippen LogP contribution in [0.25, 0.3) is 6.08 Å². The van der Waals surface area contributed by atoms with Crippen molar-refractivity contribution in [3.05, 3.63) is 71.3 Å². The number of ketones is 1. The van der Waals surface area contributed by atoms with Crippen LogP contribution in [0.15, 0.2) is 54.6 Å². The Labute approximate surface area is 152 Å². The maximum absolute atomic E-state index is 12.2. The molecule has 5 heteroatoms. The molecule has 1 aliphatic rings. The minimum absolute atomic E-state index is 0.100. The number of amides is 1. The van der Waals surface area contributed by atoms with Gasteiger partial charge in [-0.15, -0.1) is 0 Å². The summed E-state index contributed by atoms with van der Waals surface area (Å²) in [5, 5.41) is 0. The lowest BCUT2D eigenvalue weighted by Crippen LogP contribution is -2.42. The van der Waals surface area contributed by atoms with Gasteiger partial charge in [0.1, 0.15) is 5.75 Å². The smallest absolute Gasteiger partial charge is 0.410 e. The van der Waals surface area contributed by atoms with E-state index < -0.39 is 6.09 Å². The molecule has 0 atom stereocenters. The summed E-state index contributed by atoms with van der Waals surface area (Å²) in [6, 6.07) is 14.5. The second kappa shape index (κ2) is 8.45. The second-order valence-electron chi connectivity index (χ2n) is 6.10. The highest BCUT2D eigenvalue weighted by atomic mass is 16.6. The molecule has 0 aliphatic carbocycles. The van der Waals surface area contributed by atoms with Crippen molar-refractivity contribution in [3.8, 4) is 5.75 Å². The lowest BCUT2D eigenvalue weighted by atomic mass is 10.1. The highest BCUT2D eigenvalue weighted by Crippen LogP contribution is 2.15. The molecule has 0 spiro atoms. The Morgan fingerprint density at radius 1 is 1.00 bits per heavy atom. The third-order valence-electron chi connectivity index (χ3n) is 4.12. The van der Waals surface area contributed by atoms with Crippen molar-refractivity contribution in [1.82, 2.24) is 4.90 Å². The van der Waals surface area contributed by atoms with Crippen molar-refractivity contribution in [1.29, 1.82) is 0 Å². The van der Waals surface area contributed by atoms with E-state index in [-0.39, 0.29) is 5.78 Å². The van der Waals surface area contributed by atoms with Crippen LogP contribution in [0.5, 0.6) is 5.75 Å². The number of morpholine rings is 1. The van der Waals surface area contributed by atoms with Crippen LogP contribution >= 0.6 is 0 Å². The molecular weight excluding hydrogens is 330 g/mol. The molecule has 2 aromatic carbocycles. The fourth-order valence-electron chi connectivity index (χ4n) is 2.54. The molecular formula is C21H21NO4. The summed E-state index contributed by atoms with van der Waals surface area (Å²) in [4.78, 5) is 25.9. The molecule has 134 valence electrons. The Balaban J connectivity index is 1.58. The average Bonchev–Trinajstić information content (AvgIpc) is 2.68. The van der Waals surface area contributed by atoms with Gasteiger partial charge < -0.3 is 14.4 Å². The number of nitrogens with zero attached hydrogens (tertiary/aromatic N) is 1. The van der Waals surface area contributed by atoms with Gasteiger partial charge in [-0.25, -0.2) is 4.79 Å². The minimum atomic E-state index is -0.397. The number of hydrogen-bond acceptors (Lipinski definition) is 4. The van der Waals surface area contributed by atoms with Crippen LogP contribution in [0.4, 0.5) is 4.79 Å². The molecule has 3 rings (SSSR count). The van der Waals surface area contributed by atoms with Gasteiger partial charge in [0.15, 0.2) is 5.78 Å². The van der Waals surface area contributed by atoms with E-state index in [4.69, 9.17) is 9.47 Å². The van der Waals surface area contributed by atoms with E-state index in [1.807, 2.05) is 31.2 Å². The van der Waals surface area contributed by atoms with Crippen molar-refractivity contribution < 1.29 is 19.1 Å². The summed E-state index contributed by atoms with van der Waals surface area (Å²) in [6.07, 6.45) is 2.93. The first-order chi connectivity index (χ1) is 12.6. The van der Waals surface area contributed by atoms with Gasteiger partial charge in [-0.3, -0.25) is 4.79 Å². The van der Waals surface area contributed by atoms with E-state index in [9.17, 15) is 9.59 Å². The van der Waals surface area contributed by atoms with Gasteiger partial charge in [0.2, 0.25) is 0 Å². The van der Waals surface area contributed by atoms with Crippen LogP contribution in [0.2, 0.25) is 0 Å². The molecule has 0 saturated carbocycles. The van der Waals surface area contributed by atoms with Gasteiger partial charge in [0.05, 0.1) is 13.2 Å². The Kier molecular flexibility index (Phi) is 5.81. The molecule has 1 heterocycles. The molecule has 1 fully saturated rings. The second-order valence-corrected chi connectivity index (χ2v) is 6.10. The zero-order valence-electron chi connectivity index (χ0n) is 14.7. The van der Waals surface area contributed by atoms with Gasteiger partial charge >= 0.3 is 6.09 Å². The number of carbonyl (C=O) groups is 2. The van der Waals surface area contributed by atoms with Gasteiger partial charge in [-0.1, -0.05) is 35.9 Å². The summed E-state index contributed by atoms with van der Waals surface area (Å²) in [6.45, 7) is 4.12. The molecule has 5 nitrogen and oxygen atoms in total. The zero-order valence-corrected chi connectivity index (χ0v) is 14.7. The summed E-state index contributed by atoms with van der Waals surface area (Å²) in [7, 11) is 0. The van der Waals surface area contributed by atoms with Crippen molar-refractivity contribution in [2.75, 3.05) is 26.3 Å². The van der Waals surface area contributed by atoms with Crippen molar-refractivity contribution >= 4 is 18.0 Å². The first-order valence-corrected chi connectivity index (χ1v) is 8.55. The highest BCUT2D eigenvalue weighted by molar-refractivity contribution is 6.06. The third-order valence-corrected chi connectivity index (χ3v) is 4.12. The number of allylic oxidation sites excluding steroid dienone is 1. The number of ether oxygens (including phenoxy) is 2. The van der Waals surface area contributed by atoms with E-state index in [0.29, 0.717) is 37.6 Å². The van der Waals surface area contributed by atoms with Crippen LogP contribution < -0.4 is 4.74 Å². The summed E-state index contributed by atoms with van der Waals surface area (Å²) < 4.78 is 10.5. The topological polar surface area (TPSA) is 55.8 Å². The van der Waals surface area contributed by atoms with E-state index in [1.165, 1.54) is 5.56 Å². The number of hydrogen-bond donors (Lipinski definition) is 0. The monoisotopic (exact) mass is 351 g/mol. The largest absolute Gasteiger partial charge is 0.415 e. The standard InChI is InChI=1S/C21H21NO4/c1-16-2-4-17(5-3-16)6-11-20(23)18-7-9-19(10-8-18)26-21(24)22-12-14-25-15-13-22/h2-11H,12-15H2,1H3. The predicted molar refractivity (Wildman–Crippen MR) is 99.4 cm³/mol.